The standard InChI is InChI=1S/C25H28N4O3S/c30-24(26-14-11-18-17-27-20-8-2-1-7-19(18)20)16-25(12-5-6-13-25)15-23-28-21-9-3-4-10-22(21)33(31,32)29-23/h1-4,7-10,17,27H,5-6,11-16H2,(H,26,30)(H,28,29). The molecule has 0 radical (unpaired) electrons. The number of aromatic nitrogens is 1. The van der Waals surface area contributed by atoms with E-state index >= 15 is 0 Å². The molecule has 3 aromatic rings. The number of H-pyrrole nitrogens is 1. The van der Waals surface area contributed by atoms with Gasteiger partial charge in [0.2, 0.25) is 5.91 Å². The number of carbonyl (C=O) groups is 1. The number of para-hydroxylation sites is 2. The van der Waals surface area contributed by atoms with Gasteiger partial charge in [-0.05, 0) is 48.4 Å². The van der Waals surface area contributed by atoms with Gasteiger partial charge < -0.3 is 15.6 Å². The maximum atomic E-state index is 12.9. The average Bonchev–Trinajstić information content (AvgIpc) is 3.41. The van der Waals surface area contributed by atoms with Crippen molar-refractivity contribution < 1.29 is 13.2 Å². The zero-order valence-electron chi connectivity index (χ0n) is 18.4. The van der Waals surface area contributed by atoms with Crippen molar-refractivity contribution in [2.75, 3.05) is 11.9 Å². The SMILES string of the molecule is O=C(CC1(CC2=NS(=O)(=O)c3ccccc3N2)CCCC1)NCCc1c[nH]c2ccccc12. The maximum Gasteiger partial charge on any atom is 0.286 e. The second-order valence-electron chi connectivity index (χ2n) is 9.15. The Balaban J connectivity index is 1.23. The number of anilines is 1. The largest absolute Gasteiger partial charge is 0.361 e. The first kappa shape index (κ1) is 21.7. The predicted octanol–water partition coefficient (Wildman–Crippen LogP) is 4.38. The highest BCUT2D eigenvalue weighted by Crippen LogP contribution is 2.45. The molecule has 0 unspecified atom stereocenters. The highest BCUT2D eigenvalue weighted by Gasteiger charge is 2.38. The summed E-state index contributed by atoms with van der Waals surface area (Å²) < 4.78 is 29.3. The van der Waals surface area contributed by atoms with Crippen molar-refractivity contribution in [1.29, 1.82) is 0 Å². The molecule has 1 saturated carbocycles. The Kier molecular flexibility index (Phi) is 5.70. The molecule has 8 heteroatoms. The lowest BCUT2D eigenvalue weighted by Crippen LogP contribution is -2.35. The van der Waals surface area contributed by atoms with E-state index < -0.39 is 10.0 Å². The van der Waals surface area contributed by atoms with Crippen LogP contribution in [0.2, 0.25) is 0 Å². The molecule has 33 heavy (non-hydrogen) atoms. The molecule has 1 fully saturated rings. The molecule has 2 aliphatic rings. The molecule has 1 amide bonds. The summed E-state index contributed by atoms with van der Waals surface area (Å²) in [6.07, 6.45) is 7.46. The number of benzene rings is 2. The van der Waals surface area contributed by atoms with E-state index in [1.807, 2.05) is 24.4 Å². The van der Waals surface area contributed by atoms with Crippen molar-refractivity contribution in [2.24, 2.45) is 9.81 Å². The van der Waals surface area contributed by atoms with E-state index in [-0.39, 0.29) is 16.2 Å². The molecule has 172 valence electrons. The summed E-state index contributed by atoms with van der Waals surface area (Å²) in [6.45, 7) is 0.567. The molecular formula is C25H28N4O3S. The van der Waals surface area contributed by atoms with Crippen molar-refractivity contribution in [3.05, 3.63) is 60.3 Å². The fourth-order valence-electron chi connectivity index (χ4n) is 5.22. The van der Waals surface area contributed by atoms with Gasteiger partial charge in [-0.2, -0.15) is 8.42 Å². The molecule has 0 saturated heterocycles. The lowest BCUT2D eigenvalue weighted by Gasteiger charge is -2.30. The summed E-state index contributed by atoms with van der Waals surface area (Å²) >= 11 is 0. The van der Waals surface area contributed by atoms with Crippen molar-refractivity contribution in [1.82, 2.24) is 10.3 Å². The Labute approximate surface area is 193 Å². The number of hydrogen-bond acceptors (Lipinski definition) is 4. The molecule has 0 bridgehead atoms. The summed E-state index contributed by atoms with van der Waals surface area (Å²) in [4.78, 5) is 16.3. The minimum Gasteiger partial charge on any atom is -0.361 e. The van der Waals surface area contributed by atoms with Crippen LogP contribution in [0.5, 0.6) is 0 Å². The molecule has 2 aromatic carbocycles. The summed E-state index contributed by atoms with van der Waals surface area (Å²) in [6, 6.07) is 14.9. The van der Waals surface area contributed by atoms with Gasteiger partial charge in [0.25, 0.3) is 10.0 Å². The van der Waals surface area contributed by atoms with Gasteiger partial charge in [-0.15, -0.1) is 4.40 Å². The highest BCUT2D eigenvalue weighted by molar-refractivity contribution is 7.90. The van der Waals surface area contributed by atoms with Gasteiger partial charge in [0, 0.05) is 36.5 Å². The van der Waals surface area contributed by atoms with E-state index in [9.17, 15) is 13.2 Å². The number of rotatable bonds is 7. The van der Waals surface area contributed by atoms with Crippen LogP contribution in [0.3, 0.4) is 0 Å². The number of amidine groups is 1. The number of nitrogens with zero attached hydrogens (tertiary/aromatic N) is 1. The van der Waals surface area contributed by atoms with Crippen LogP contribution in [0.4, 0.5) is 5.69 Å². The van der Waals surface area contributed by atoms with Crippen LogP contribution >= 0.6 is 0 Å². The monoisotopic (exact) mass is 464 g/mol. The molecule has 0 spiro atoms. The van der Waals surface area contributed by atoms with E-state index in [2.05, 4.69) is 26.1 Å². The van der Waals surface area contributed by atoms with Crippen LogP contribution in [0, 0.1) is 5.41 Å². The van der Waals surface area contributed by atoms with E-state index in [1.54, 1.807) is 24.3 Å². The number of nitrogens with one attached hydrogen (secondary N) is 3. The molecule has 1 aromatic heterocycles. The molecule has 0 atom stereocenters. The van der Waals surface area contributed by atoms with Crippen LogP contribution in [0.25, 0.3) is 10.9 Å². The Morgan fingerprint density at radius 3 is 2.67 bits per heavy atom. The van der Waals surface area contributed by atoms with Gasteiger partial charge in [-0.3, -0.25) is 4.79 Å². The zero-order chi connectivity index (χ0) is 22.9. The van der Waals surface area contributed by atoms with Gasteiger partial charge in [-0.25, -0.2) is 0 Å². The summed E-state index contributed by atoms with van der Waals surface area (Å²) in [5, 5.41) is 7.45. The fraction of sp³-hybridized carbons (Fsp3) is 0.360. The van der Waals surface area contributed by atoms with Crippen LogP contribution in [-0.2, 0) is 21.2 Å². The van der Waals surface area contributed by atoms with Gasteiger partial charge in [0.15, 0.2) is 0 Å². The van der Waals surface area contributed by atoms with Crippen LogP contribution in [0.1, 0.15) is 44.1 Å². The number of fused-ring (bicyclic) bond motifs is 2. The van der Waals surface area contributed by atoms with Crippen molar-refractivity contribution in [3.8, 4) is 0 Å². The van der Waals surface area contributed by atoms with Crippen LogP contribution < -0.4 is 10.6 Å². The lowest BCUT2D eigenvalue weighted by molar-refractivity contribution is -0.123. The van der Waals surface area contributed by atoms with E-state index in [4.69, 9.17) is 0 Å². The minimum atomic E-state index is -3.72. The first-order valence-corrected chi connectivity index (χ1v) is 12.9. The molecular weight excluding hydrogens is 436 g/mol. The van der Waals surface area contributed by atoms with E-state index in [0.29, 0.717) is 30.9 Å². The first-order chi connectivity index (χ1) is 15.9. The molecule has 7 nitrogen and oxygen atoms in total. The Morgan fingerprint density at radius 2 is 1.82 bits per heavy atom. The average molecular weight is 465 g/mol. The molecule has 1 aliphatic heterocycles. The summed E-state index contributed by atoms with van der Waals surface area (Å²) in [5.74, 6) is 0.443. The Bertz CT molecular complexity index is 1320. The minimum absolute atomic E-state index is 0.0106. The normalized spacial score (nSPS) is 18.4. The third-order valence-corrected chi connectivity index (χ3v) is 8.18. The maximum absolute atomic E-state index is 12.9. The molecule has 1 aliphatic carbocycles. The van der Waals surface area contributed by atoms with E-state index in [1.165, 1.54) is 10.9 Å². The van der Waals surface area contributed by atoms with Crippen molar-refractivity contribution in [3.63, 3.8) is 0 Å². The van der Waals surface area contributed by atoms with Gasteiger partial charge >= 0.3 is 0 Å². The molecule has 2 heterocycles. The van der Waals surface area contributed by atoms with Crippen LogP contribution in [-0.4, -0.2) is 31.7 Å². The topological polar surface area (TPSA) is 103 Å². The third kappa shape index (κ3) is 4.53. The first-order valence-electron chi connectivity index (χ1n) is 11.5. The van der Waals surface area contributed by atoms with Crippen molar-refractivity contribution in [2.45, 2.75) is 49.8 Å². The van der Waals surface area contributed by atoms with Gasteiger partial charge in [0.1, 0.15) is 10.7 Å². The Morgan fingerprint density at radius 1 is 1.06 bits per heavy atom. The van der Waals surface area contributed by atoms with Gasteiger partial charge in [0.05, 0.1) is 5.69 Å². The Hall–Kier alpha value is -3.13. The molecule has 5 rings (SSSR count). The highest BCUT2D eigenvalue weighted by atomic mass is 32.2. The fourth-order valence-corrected chi connectivity index (χ4v) is 6.36. The van der Waals surface area contributed by atoms with Gasteiger partial charge in [-0.1, -0.05) is 43.2 Å². The number of amides is 1. The zero-order valence-corrected chi connectivity index (χ0v) is 19.2. The number of carbonyl (C=O) groups excluding carboxylic acids is 1. The second-order valence-corrected chi connectivity index (χ2v) is 10.7. The lowest BCUT2D eigenvalue weighted by atomic mass is 9.78. The predicted molar refractivity (Wildman–Crippen MR) is 130 cm³/mol. The quantitative estimate of drug-likeness (QED) is 0.483. The number of aromatic amines is 1. The summed E-state index contributed by atoms with van der Waals surface area (Å²) in [5.41, 5.74) is 2.57. The smallest absolute Gasteiger partial charge is 0.286 e. The number of hydrogen-bond donors (Lipinski definition) is 3. The number of sulfonamides is 1. The second kappa shape index (κ2) is 8.67. The van der Waals surface area contributed by atoms with E-state index in [0.717, 1.165) is 37.6 Å². The summed E-state index contributed by atoms with van der Waals surface area (Å²) in [7, 11) is -3.72. The van der Waals surface area contributed by atoms with Crippen molar-refractivity contribution >= 4 is 38.4 Å². The molecule has 3 N–H and O–H groups in total. The van der Waals surface area contributed by atoms with Crippen LogP contribution in [0.15, 0.2) is 64.0 Å². The third-order valence-electron chi connectivity index (χ3n) is 6.81.